The number of aliphatic hydroxyl groups is 1. The van der Waals surface area contributed by atoms with Gasteiger partial charge in [0, 0.05) is 17.2 Å². The van der Waals surface area contributed by atoms with E-state index in [0.717, 1.165) is 0 Å². The highest BCUT2D eigenvalue weighted by atomic mass is 35.5. The minimum atomic E-state index is -0.694. The highest BCUT2D eigenvalue weighted by molar-refractivity contribution is 6.25. The Morgan fingerprint density at radius 1 is 1.60 bits per heavy atom. The minimum Gasteiger partial charge on any atom is -0.489 e. The monoisotopic (exact) mass is 230 g/mol. The van der Waals surface area contributed by atoms with Crippen LogP contribution in [0.2, 0.25) is 0 Å². The predicted molar refractivity (Wildman–Crippen MR) is 57.5 cm³/mol. The highest BCUT2D eigenvalue weighted by Gasteiger charge is 2.09. The zero-order valence-electron chi connectivity index (χ0n) is 8.28. The molecular formula is C11H12ClFO2. The van der Waals surface area contributed by atoms with E-state index in [1.807, 2.05) is 0 Å². The molecular weight excluding hydrogens is 219 g/mol. The van der Waals surface area contributed by atoms with E-state index >= 15 is 0 Å². The smallest absolute Gasteiger partial charge is 0.128 e. The summed E-state index contributed by atoms with van der Waals surface area (Å²) in [4.78, 5) is 0. The predicted octanol–water partition coefficient (Wildman–Crippen LogP) is 3.01. The van der Waals surface area contributed by atoms with E-state index in [1.54, 1.807) is 13.0 Å². The van der Waals surface area contributed by atoms with E-state index in [0.29, 0.717) is 11.3 Å². The maximum atomic E-state index is 12.9. The Labute approximate surface area is 92.9 Å². The van der Waals surface area contributed by atoms with E-state index in [-0.39, 0.29) is 6.61 Å². The molecule has 0 amide bonds. The van der Waals surface area contributed by atoms with Crippen LogP contribution in [0, 0.1) is 5.82 Å². The van der Waals surface area contributed by atoms with Crippen molar-refractivity contribution in [2.75, 3.05) is 6.61 Å². The molecule has 0 heterocycles. The van der Waals surface area contributed by atoms with Crippen molar-refractivity contribution in [3.8, 4) is 5.75 Å². The second kappa shape index (κ2) is 5.73. The van der Waals surface area contributed by atoms with Gasteiger partial charge in [-0.15, -0.1) is 0 Å². The van der Waals surface area contributed by atoms with Gasteiger partial charge >= 0.3 is 0 Å². The van der Waals surface area contributed by atoms with E-state index in [2.05, 4.69) is 0 Å². The molecule has 1 N–H and O–H groups in total. The summed E-state index contributed by atoms with van der Waals surface area (Å²) in [5, 5.41) is 9.41. The van der Waals surface area contributed by atoms with Gasteiger partial charge < -0.3 is 9.84 Å². The third-order valence-electron chi connectivity index (χ3n) is 1.85. The first-order chi connectivity index (χ1) is 7.15. The fraction of sp³-hybridized carbons (Fsp3) is 0.273. The van der Waals surface area contributed by atoms with Crippen LogP contribution < -0.4 is 4.74 Å². The summed E-state index contributed by atoms with van der Waals surface area (Å²) in [7, 11) is 0. The Bertz CT molecular complexity index is 350. The van der Waals surface area contributed by atoms with Crippen LogP contribution in [0.15, 0.2) is 29.8 Å². The molecule has 0 aromatic heterocycles. The van der Waals surface area contributed by atoms with E-state index in [1.165, 1.54) is 23.7 Å². The van der Waals surface area contributed by atoms with Crippen molar-refractivity contribution in [3.05, 3.63) is 41.2 Å². The molecule has 82 valence electrons. The van der Waals surface area contributed by atoms with Crippen molar-refractivity contribution in [1.82, 2.24) is 0 Å². The Morgan fingerprint density at radius 2 is 2.33 bits per heavy atom. The van der Waals surface area contributed by atoms with Gasteiger partial charge in [-0.1, -0.05) is 11.6 Å². The van der Waals surface area contributed by atoms with E-state index in [9.17, 15) is 9.50 Å². The van der Waals surface area contributed by atoms with Crippen LogP contribution in [0.4, 0.5) is 4.39 Å². The molecule has 0 bridgehead atoms. The number of hydrogen-bond donors (Lipinski definition) is 1. The molecule has 15 heavy (non-hydrogen) atoms. The van der Waals surface area contributed by atoms with Crippen molar-refractivity contribution < 1.29 is 14.2 Å². The van der Waals surface area contributed by atoms with Crippen LogP contribution in [-0.4, -0.2) is 11.7 Å². The molecule has 1 aromatic rings. The number of halogens is 2. The lowest BCUT2D eigenvalue weighted by molar-refractivity contribution is 0.192. The fourth-order valence-corrected chi connectivity index (χ4v) is 1.23. The molecule has 1 atom stereocenters. The number of benzene rings is 1. The van der Waals surface area contributed by atoms with Crippen LogP contribution in [0.25, 0.3) is 0 Å². The first-order valence-corrected chi connectivity index (χ1v) is 4.94. The molecule has 0 spiro atoms. The molecule has 0 fully saturated rings. The quantitative estimate of drug-likeness (QED) is 0.862. The molecule has 0 aliphatic heterocycles. The van der Waals surface area contributed by atoms with Gasteiger partial charge in [-0.25, -0.2) is 4.39 Å². The van der Waals surface area contributed by atoms with E-state index in [4.69, 9.17) is 16.3 Å². The van der Waals surface area contributed by atoms with Gasteiger partial charge in [0.2, 0.25) is 0 Å². The molecule has 0 radical (unpaired) electrons. The van der Waals surface area contributed by atoms with Crippen LogP contribution in [0.3, 0.4) is 0 Å². The number of aliphatic hydroxyl groups excluding tert-OH is 1. The summed E-state index contributed by atoms with van der Waals surface area (Å²) >= 11 is 5.32. The Balaban J connectivity index is 2.86. The first kappa shape index (κ1) is 12.0. The number of hydrogen-bond acceptors (Lipinski definition) is 2. The summed E-state index contributed by atoms with van der Waals surface area (Å²) < 4.78 is 18.2. The first-order valence-electron chi connectivity index (χ1n) is 4.50. The van der Waals surface area contributed by atoms with Gasteiger partial charge in [-0.05, 0) is 25.1 Å². The van der Waals surface area contributed by atoms with Crippen LogP contribution in [0.5, 0.6) is 5.75 Å². The standard InChI is InChI=1S/C11H12ClFO2/c1-8(14)10-4-3-9(13)7-11(10)15-6-2-5-12/h2-5,7-8,14H,6H2,1H3/t8-/m1/s1. The van der Waals surface area contributed by atoms with Crippen molar-refractivity contribution in [1.29, 1.82) is 0 Å². The minimum absolute atomic E-state index is 0.243. The summed E-state index contributed by atoms with van der Waals surface area (Å²) in [6, 6.07) is 4.02. The zero-order valence-corrected chi connectivity index (χ0v) is 9.04. The molecule has 0 saturated heterocycles. The average molecular weight is 231 g/mol. The molecule has 1 rings (SSSR count). The second-order valence-electron chi connectivity index (χ2n) is 3.03. The molecule has 1 aromatic carbocycles. The van der Waals surface area contributed by atoms with Gasteiger partial charge in [0.25, 0.3) is 0 Å². The third-order valence-corrected chi connectivity index (χ3v) is 2.03. The molecule has 0 aliphatic carbocycles. The number of ether oxygens (including phenoxy) is 1. The maximum absolute atomic E-state index is 12.9. The lowest BCUT2D eigenvalue weighted by atomic mass is 10.1. The van der Waals surface area contributed by atoms with Crippen molar-refractivity contribution in [3.63, 3.8) is 0 Å². The average Bonchev–Trinajstić information content (AvgIpc) is 2.18. The lowest BCUT2D eigenvalue weighted by Gasteiger charge is -2.12. The summed E-state index contributed by atoms with van der Waals surface area (Å²) in [5.41, 5.74) is 1.88. The van der Waals surface area contributed by atoms with Crippen molar-refractivity contribution in [2.45, 2.75) is 13.0 Å². The topological polar surface area (TPSA) is 29.5 Å². The van der Waals surface area contributed by atoms with E-state index < -0.39 is 11.9 Å². The zero-order chi connectivity index (χ0) is 11.3. The summed E-state index contributed by atoms with van der Waals surface area (Å²) in [6.07, 6.45) is 0.888. The maximum Gasteiger partial charge on any atom is 0.128 e. The van der Waals surface area contributed by atoms with Gasteiger partial charge in [0.1, 0.15) is 18.2 Å². The van der Waals surface area contributed by atoms with Gasteiger partial charge in [0.15, 0.2) is 0 Å². The van der Waals surface area contributed by atoms with Crippen molar-refractivity contribution in [2.24, 2.45) is 0 Å². The second-order valence-corrected chi connectivity index (χ2v) is 3.28. The number of rotatable bonds is 4. The lowest BCUT2D eigenvalue weighted by Crippen LogP contribution is -2.00. The Hall–Kier alpha value is -1.06. The SMILES string of the molecule is C[C@@H](O)c1ccc(F)cc1OCC=CCl. The Kier molecular flexibility index (Phi) is 4.59. The normalized spacial score (nSPS) is 13.1. The molecule has 4 heteroatoms. The molecule has 2 nitrogen and oxygen atoms in total. The van der Waals surface area contributed by atoms with Crippen LogP contribution in [0.1, 0.15) is 18.6 Å². The van der Waals surface area contributed by atoms with Gasteiger partial charge in [-0.3, -0.25) is 0 Å². The summed E-state index contributed by atoms with van der Waals surface area (Å²) in [6.45, 7) is 1.84. The Morgan fingerprint density at radius 3 is 2.93 bits per heavy atom. The fourth-order valence-electron chi connectivity index (χ4n) is 1.15. The highest BCUT2D eigenvalue weighted by Crippen LogP contribution is 2.25. The third kappa shape index (κ3) is 3.53. The molecule has 0 unspecified atom stereocenters. The van der Waals surface area contributed by atoms with Crippen LogP contribution >= 0.6 is 11.6 Å². The largest absolute Gasteiger partial charge is 0.489 e. The molecule has 0 saturated carbocycles. The van der Waals surface area contributed by atoms with Crippen molar-refractivity contribution >= 4 is 11.6 Å². The van der Waals surface area contributed by atoms with Gasteiger partial charge in [-0.2, -0.15) is 0 Å². The van der Waals surface area contributed by atoms with Gasteiger partial charge in [0.05, 0.1) is 6.10 Å². The van der Waals surface area contributed by atoms with Crippen LogP contribution in [-0.2, 0) is 0 Å². The summed E-state index contributed by atoms with van der Waals surface area (Å²) in [5.74, 6) is -0.0657. The molecule has 0 aliphatic rings.